The first-order valence-corrected chi connectivity index (χ1v) is 12.2. The zero-order chi connectivity index (χ0) is 22.7. The second-order valence-electron chi connectivity index (χ2n) is 8.53. The van der Waals surface area contributed by atoms with Crippen LogP contribution >= 0.6 is 22.9 Å². The minimum atomic E-state index is 0.117. The van der Waals surface area contributed by atoms with Gasteiger partial charge in [-0.3, -0.25) is 9.69 Å². The summed E-state index contributed by atoms with van der Waals surface area (Å²) in [6, 6.07) is 14.2. The molecule has 0 atom stereocenters. The van der Waals surface area contributed by atoms with Crippen LogP contribution in [0.5, 0.6) is 5.75 Å². The van der Waals surface area contributed by atoms with Crippen LogP contribution in [0.3, 0.4) is 0 Å². The van der Waals surface area contributed by atoms with Gasteiger partial charge in [0.05, 0.1) is 4.88 Å². The van der Waals surface area contributed by atoms with Gasteiger partial charge in [0.25, 0.3) is 5.91 Å². The van der Waals surface area contributed by atoms with Gasteiger partial charge >= 0.3 is 0 Å². The third-order valence-corrected chi connectivity index (χ3v) is 7.01. The number of rotatable bonds is 6. The minimum Gasteiger partial charge on any atom is -0.488 e. The fraction of sp³-hybridized carbons (Fsp3) is 0.346. The molecule has 1 saturated heterocycles. The van der Waals surface area contributed by atoms with E-state index in [9.17, 15) is 4.79 Å². The van der Waals surface area contributed by atoms with Gasteiger partial charge in [-0.1, -0.05) is 41.4 Å². The predicted molar refractivity (Wildman–Crippen MR) is 132 cm³/mol. The molecule has 1 amide bonds. The van der Waals surface area contributed by atoms with Gasteiger partial charge in [-0.2, -0.15) is 0 Å². The first-order chi connectivity index (χ1) is 15.4. The number of hydrogen-bond acceptors (Lipinski definition) is 4. The number of benzene rings is 2. The summed E-state index contributed by atoms with van der Waals surface area (Å²) >= 11 is 7.60. The molecule has 6 heteroatoms. The Balaban J connectivity index is 1.30. The van der Waals surface area contributed by atoms with Gasteiger partial charge in [-0.15, -0.1) is 11.3 Å². The second kappa shape index (κ2) is 10.1. The highest BCUT2D eigenvalue weighted by Gasteiger charge is 2.23. The lowest BCUT2D eigenvalue weighted by Gasteiger charge is -2.34. The molecular formula is C26H29ClN2O2S. The summed E-state index contributed by atoms with van der Waals surface area (Å²) in [4.78, 5) is 18.1. The van der Waals surface area contributed by atoms with Crippen LogP contribution in [0.15, 0.2) is 47.8 Å². The third-order valence-electron chi connectivity index (χ3n) is 5.81. The van der Waals surface area contributed by atoms with E-state index in [-0.39, 0.29) is 5.91 Å². The predicted octanol–water partition coefficient (Wildman–Crippen LogP) is 5.86. The smallest absolute Gasteiger partial charge is 0.264 e. The van der Waals surface area contributed by atoms with Crippen molar-refractivity contribution in [3.8, 4) is 5.75 Å². The van der Waals surface area contributed by atoms with Gasteiger partial charge < -0.3 is 9.64 Å². The monoisotopic (exact) mass is 468 g/mol. The van der Waals surface area contributed by atoms with Crippen molar-refractivity contribution in [1.82, 2.24) is 9.80 Å². The van der Waals surface area contributed by atoms with Gasteiger partial charge in [0.15, 0.2) is 0 Å². The summed E-state index contributed by atoms with van der Waals surface area (Å²) in [5.41, 5.74) is 5.77. The number of nitrogens with zero attached hydrogens (tertiary/aromatic N) is 2. The van der Waals surface area contributed by atoms with Crippen LogP contribution in [0, 0.1) is 20.8 Å². The number of halogens is 1. The number of amides is 1. The van der Waals surface area contributed by atoms with Crippen LogP contribution in [0.4, 0.5) is 0 Å². The third kappa shape index (κ3) is 5.52. The molecule has 1 aliphatic rings. The van der Waals surface area contributed by atoms with E-state index < -0.39 is 0 Å². The zero-order valence-corrected chi connectivity index (χ0v) is 20.4. The Morgan fingerprint density at radius 3 is 2.41 bits per heavy atom. The summed E-state index contributed by atoms with van der Waals surface area (Å²) in [6.07, 6.45) is 0. The zero-order valence-electron chi connectivity index (χ0n) is 18.9. The molecule has 0 saturated carbocycles. The summed E-state index contributed by atoms with van der Waals surface area (Å²) in [6.45, 7) is 10.8. The highest BCUT2D eigenvalue weighted by atomic mass is 35.5. The van der Waals surface area contributed by atoms with Crippen molar-refractivity contribution in [2.45, 2.75) is 33.9 Å². The summed E-state index contributed by atoms with van der Waals surface area (Å²) in [7, 11) is 0. The molecule has 0 bridgehead atoms. The van der Waals surface area contributed by atoms with Crippen LogP contribution in [0.2, 0.25) is 5.02 Å². The number of ether oxygens (including phenoxy) is 1. The summed E-state index contributed by atoms with van der Waals surface area (Å²) in [5.74, 6) is 1.05. The molecule has 168 valence electrons. The maximum atomic E-state index is 13.0. The van der Waals surface area contributed by atoms with Gasteiger partial charge in [0, 0.05) is 43.3 Å². The van der Waals surface area contributed by atoms with Crippen molar-refractivity contribution in [2.75, 3.05) is 26.2 Å². The molecule has 1 aliphatic heterocycles. The van der Waals surface area contributed by atoms with Crippen LogP contribution in [0.25, 0.3) is 0 Å². The largest absolute Gasteiger partial charge is 0.488 e. The van der Waals surface area contributed by atoms with Crippen LogP contribution in [-0.4, -0.2) is 41.9 Å². The molecule has 2 heterocycles. The molecule has 0 unspecified atom stereocenters. The molecular weight excluding hydrogens is 440 g/mol. The Labute approximate surface area is 199 Å². The first kappa shape index (κ1) is 22.8. The van der Waals surface area contributed by atoms with E-state index in [1.807, 2.05) is 34.5 Å². The average Bonchev–Trinajstić information content (AvgIpc) is 3.22. The lowest BCUT2D eigenvalue weighted by atomic mass is 10.1. The van der Waals surface area contributed by atoms with Crippen molar-refractivity contribution in [1.29, 1.82) is 0 Å². The number of aryl methyl sites for hydroxylation is 3. The lowest BCUT2D eigenvalue weighted by Crippen LogP contribution is -2.48. The van der Waals surface area contributed by atoms with Crippen molar-refractivity contribution in [3.63, 3.8) is 0 Å². The van der Waals surface area contributed by atoms with E-state index >= 15 is 0 Å². The molecule has 2 aromatic carbocycles. The number of thiophene rings is 1. The maximum Gasteiger partial charge on any atom is 0.264 e. The number of hydrogen-bond donors (Lipinski definition) is 0. The fourth-order valence-corrected chi connectivity index (χ4v) is 5.35. The summed E-state index contributed by atoms with van der Waals surface area (Å²) in [5, 5.41) is 2.79. The van der Waals surface area contributed by atoms with Crippen LogP contribution in [0.1, 0.15) is 37.5 Å². The van der Waals surface area contributed by atoms with Gasteiger partial charge in [-0.05, 0) is 61.0 Å². The van der Waals surface area contributed by atoms with Gasteiger partial charge in [0.1, 0.15) is 12.4 Å². The van der Waals surface area contributed by atoms with E-state index in [0.717, 1.165) is 65.1 Å². The fourth-order valence-electron chi connectivity index (χ4n) is 4.27. The molecule has 32 heavy (non-hydrogen) atoms. The quantitative estimate of drug-likeness (QED) is 0.454. The Morgan fingerprint density at radius 1 is 1.00 bits per heavy atom. The van der Waals surface area contributed by atoms with Crippen molar-refractivity contribution in [2.24, 2.45) is 0 Å². The lowest BCUT2D eigenvalue weighted by molar-refractivity contribution is 0.0633. The standard InChI is InChI=1S/C26H29ClN2O2S/c1-18-11-19(2)25(20(3)12-18)31-16-22-14-24(32-17-22)26(30)29-9-7-28(8-10-29)15-21-5-4-6-23(27)13-21/h4-6,11-14,17H,7-10,15-16H2,1-3H3. The normalized spacial score (nSPS) is 14.6. The highest BCUT2D eigenvalue weighted by molar-refractivity contribution is 7.12. The van der Waals surface area contributed by atoms with Crippen LogP contribution < -0.4 is 4.74 Å². The summed E-state index contributed by atoms with van der Waals surface area (Å²) < 4.78 is 6.09. The van der Waals surface area contributed by atoms with E-state index in [2.05, 4.69) is 43.9 Å². The van der Waals surface area contributed by atoms with E-state index in [4.69, 9.17) is 16.3 Å². The molecule has 3 aromatic rings. The molecule has 0 aliphatic carbocycles. The Kier molecular flexibility index (Phi) is 7.19. The molecule has 0 spiro atoms. The van der Waals surface area contributed by atoms with Crippen molar-refractivity contribution < 1.29 is 9.53 Å². The average molecular weight is 469 g/mol. The van der Waals surface area contributed by atoms with Crippen molar-refractivity contribution >= 4 is 28.8 Å². The molecule has 4 nitrogen and oxygen atoms in total. The first-order valence-electron chi connectivity index (χ1n) is 10.9. The molecule has 1 fully saturated rings. The Morgan fingerprint density at radius 2 is 1.72 bits per heavy atom. The molecule has 4 rings (SSSR count). The minimum absolute atomic E-state index is 0.117. The van der Waals surface area contributed by atoms with E-state index in [0.29, 0.717) is 6.61 Å². The Hall–Kier alpha value is -2.34. The van der Waals surface area contributed by atoms with Crippen molar-refractivity contribution in [3.05, 3.63) is 85.6 Å². The number of carbonyl (C=O) groups is 1. The van der Waals surface area contributed by atoms with Crippen LogP contribution in [-0.2, 0) is 13.2 Å². The molecule has 0 N–H and O–H groups in total. The van der Waals surface area contributed by atoms with Gasteiger partial charge in [0.2, 0.25) is 0 Å². The highest BCUT2D eigenvalue weighted by Crippen LogP contribution is 2.26. The molecule has 1 aromatic heterocycles. The van der Waals surface area contributed by atoms with E-state index in [1.54, 1.807) is 0 Å². The number of carbonyl (C=O) groups excluding carboxylic acids is 1. The number of piperazine rings is 1. The van der Waals surface area contributed by atoms with Gasteiger partial charge in [-0.25, -0.2) is 0 Å². The van der Waals surface area contributed by atoms with E-state index in [1.165, 1.54) is 22.5 Å². The second-order valence-corrected chi connectivity index (χ2v) is 9.88. The Bertz CT molecular complexity index is 1080. The SMILES string of the molecule is Cc1cc(C)c(OCc2csc(C(=O)N3CCN(Cc4cccc(Cl)c4)CC3)c2)c(C)c1. The maximum absolute atomic E-state index is 13.0. The topological polar surface area (TPSA) is 32.8 Å². The molecule has 0 radical (unpaired) electrons.